The monoisotopic (exact) mass is 318 g/mol. The smallest absolute Gasteiger partial charge is 0.337 e. The molecule has 22 heavy (non-hydrogen) atoms. The Morgan fingerprint density at radius 3 is 2.73 bits per heavy atom. The lowest BCUT2D eigenvalue weighted by Gasteiger charge is -2.25. The van der Waals surface area contributed by atoms with Crippen molar-refractivity contribution < 1.29 is 14.3 Å². The second kappa shape index (κ2) is 7.00. The van der Waals surface area contributed by atoms with Crippen LogP contribution in [0.1, 0.15) is 16.1 Å². The fraction of sp³-hybridized carbons (Fsp3) is 0.375. The molecular weight excluding hydrogens is 300 g/mol. The van der Waals surface area contributed by atoms with Crippen molar-refractivity contribution in [2.24, 2.45) is 0 Å². The molecule has 6 heteroatoms. The van der Waals surface area contributed by atoms with Crippen molar-refractivity contribution >= 4 is 17.3 Å². The summed E-state index contributed by atoms with van der Waals surface area (Å²) in [4.78, 5) is 18.5. The number of methoxy groups -OCH3 is 1. The summed E-state index contributed by atoms with van der Waals surface area (Å²) in [6, 6.07) is 7.35. The zero-order chi connectivity index (χ0) is 15.4. The predicted molar refractivity (Wildman–Crippen MR) is 85.0 cm³/mol. The Balaban J connectivity index is 1.68. The molecule has 0 spiro atoms. The molecule has 0 aliphatic carbocycles. The van der Waals surface area contributed by atoms with Crippen LogP contribution < -0.4 is 0 Å². The van der Waals surface area contributed by atoms with E-state index in [9.17, 15) is 4.79 Å². The van der Waals surface area contributed by atoms with Crippen molar-refractivity contribution in [3.8, 4) is 10.6 Å². The molecule has 0 radical (unpaired) electrons. The number of carbonyl (C=O) groups is 1. The van der Waals surface area contributed by atoms with Crippen LogP contribution in [0, 0.1) is 0 Å². The number of aromatic nitrogens is 1. The van der Waals surface area contributed by atoms with Crippen LogP contribution in [0.3, 0.4) is 0 Å². The molecular formula is C16H18N2O3S. The van der Waals surface area contributed by atoms with Gasteiger partial charge in [-0.1, -0.05) is 12.1 Å². The minimum Gasteiger partial charge on any atom is -0.465 e. The van der Waals surface area contributed by atoms with E-state index in [1.807, 2.05) is 12.1 Å². The molecule has 116 valence electrons. The Kier molecular flexibility index (Phi) is 4.82. The molecule has 5 nitrogen and oxygen atoms in total. The topological polar surface area (TPSA) is 51.7 Å². The molecule has 2 heterocycles. The van der Waals surface area contributed by atoms with E-state index in [2.05, 4.69) is 15.3 Å². The Morgan fingerprint density at radius 2 is 2.05 bits per heavy atom. The number of nitrogens with zero attached hydrogens (tertiary/aromatic N) is 2. The molecule has 1 fully saturated rings. The molecule has 0 bridgehead atoms. The third-order valence-corrected chi connectivity index (χ3v) is 4.53. The lowest BCUT2D eigenvalue weighted by Crippen LogP contribution is -2.35. The second-order valence-electron chi connectivity index (χ2n) is 5.10. The summed E-state index contributed by atoms with van der Waals surface area (Å²) in [6.07, 6.45) is 0. The summed E-state index contributed by atoms with van der Waals surface area (Å²) in [5.74, 6) is -0.321. The number of morpholine rings is 1. The first kappa shape index (κ1) is 15.1. The first-order chi connectivity index (χ1) is 10.8. The average Bonchev–Trinajstić information content (AvgIpc) is 3.04. The van der Waals surface area contributed by atoms with Gasteiger partial charge in [-0.2, -0.15) is 0 Å². The van der Waals surface area contributed by atoms with Gasteiger partial charge in [-0.3, -0.25) is 4.90 Å². The van der Waals surface area contributed by atoms with Crippen molar-refractivity contribution in [1.29, 1.82) is 0 Å². The van der Waals surface area contributed by atoms with Gasteiger partial charge in [0.25, 0.3) is 0 Å². The number of esters is 1. The van der Waals surface area contributed by atoms with E-state index < -0.39 is 0 Å². The van der Waals surface area contributed by atoms with Gasteiger partial charge in [0.1, 0.15) is 5.01 Å². The van der Waals surface area contributed by atoms with Crippen LogP contribution in [0.25, 0.3) is 10.6 Å². The highest BCUT2D eigenvalue weighted by atomic mass is 32.1. The first-order valence-corrected chi connectivity index (χ1v) is 8.07. The van der Waals surface area contributed by atoms with E-state index in [0.717, 1.165) is 49.1 Å². The van der Waals surface area contributed by atoms with Gasteiger partial charge in [0, 0.05) is 30.6 Å². The fourth-order valence-corrected chi connectivity index (χ4v) is 3.18. The van der Waals surface area contributed by atoms with Gasteiger partial charge in [0.05, 0.1) is 31.6 Å². The maximum atomic E-state index is 11.4. The molecule has 1 saturated heterocycles. The molecule has 0 saturated carbocycles. The Morgan fingerprint density at radius 1 is 1.32 bits per heavy atom. The maximum Gasteiger partial charge on any atom is 0.337 e. The van der Waals surface area contributed by atoms with Crippen LogP contribution in [-0.2, 0) is 16.0 Å². The highest BCUT2D eigenvalue weighted by Crippen LogP contribution is 2.25. The zero-order valence-electron chi connectivity index (χ0n) is 12.4. The van der Waals surface area contributed by atoms with Crippen LogP contribution in [-0.4, -0.2) is 49.3 Å². The van der Waals surface area contributed by atoms with Crippen molar-refractivity contribution in [3.05, 3.63) is 40.9 Å². The van der Waals surface area contributed by atoms with Gasteiger partial charge in [0.15, 0.2) is 0 Å². The third-order valence-electron chi connectivity index (χ3n) is 3.59. The largest absolute Gasteiger partial charge is 0.465 e. The van der Waals surface area contributed by atoms with Gasteiger partial charge in [-0.25, -0.2) is 9.78 Å². The molecule has 3 rings (SSSR count). The number of ether oxygens (including phenoxy) is 2. The average molecular weight is 318 g/mol. The number of benzene rings is 1. The summed E-state index contributed by atoms with van der Waals surface area (Å²) < 4.78 is 10.1. The number of thiazole rings is 1. The van der Waals surface area contributed by atoms with E-state index in [1.54, 1.807) is 23.5 Å². The standard InChI is InChI=1S/C16H18N2O3S/c1-20-16(19)13-4-2-12(3-5-13)15-17-14(11-22-15)10-18-6-8-21-9-7-18/h2-5,11H,6-10H2,1H3. The van der Waals surface area contributed by atoms with Crippen molar-refractivity contribution in [1.82, 2.24) is 9.88 Å². The highest BCUT2D eigenvalue weighted by molar-refractivity contribution is 7.13. The van der Waals surface area contributed by atoms with E-state index in [1.165, 1.54) is 7.11 Å². The summed E-state index contributed by atoms with van der Waals surface area (Å²) in [6.45, 7) is 4.37. The zero-order valence-corrected chi connectivity index (χ0v) is 13.3. The lowest BCUT2D eigenvalue weighted by molar-refractivity contribution is 0.0337. The van der Waals surface area contributed by atoms with Gasteiger partial charge in [0.2, 0.25) is 0 Å². The number of hydrogen-bond acceptors (Lipinski definition) is 6. The van der Waals surface area contributed by atoms with Gasteiger partial charge >= 0.3 is 5.97 Å². The minimum atomic E-state index is -0.321. The van der Waals surface area contributed by atoms with Crippen molar-refractivity contribution in [3.63, 3.8) is 0 Å². The Hall–Kier alpha value is -1.76. The van der Waals surface area contributed by atoms with Crippen LogP contribution in [0.5, 0.6) is 0 Å². The molecule has 0 atom stereocenters. The predicted octanol–water partition coefficient (Wildman–Crippen LogP) is 2.43. The molecule has 1 aliphatic heterocycles. The fourth-order valence-electron chi connectivity index (χ4n) is 2.37. The van der Waals surface area contributed by atoms with Gasteiger partial charge in [-0.15, -0.1) is 11.3 Å². The van der Waals surface area contributed by atoms with Crippen LogP contribution in [0.15, 0.2) is 29.6 Å². The van der Waals surface area contributed by atoms with E-state index >= 15 is 0 Å². The molecule has 0 N–H and O–H groups in total. The Labute approximate surface area is 133 Å². The number of rotatable bonds is 4. The van der Waals surface area contributed by atoms with E-state index in [4.69, 9.17) is 9.47 Å². The van der Waals surface area contributed by atoms with Crippen LogP contribution >= 0.6 is 11.3 Å². The summed E-state index contributed by atoms with van der Waals surface area (Å²) in [5.41, 5.74) is 2.65. The molecule has 2 aromatic rings. The van der Waals surface area contributed by atoms with Crippen LogP contribution in [0.4, 0.5) is 0 Å². The quantitative estimate of drug-likeness (QED) is 0.811. The molecule has 0 amide bonds. The summed E-state index contributed by atoms with van der Waals surface area (Å²) in [7, 11) is 1.38. The van der Waals surface area contributed by atoms with Crippen molar-refractivity contribution in [2.75, 3.05) is 33.4 Å². The first-order valence-electron chi connectivity index (χ1n) is 7.19. The van der Waals surface area contributed by atoms with Gasteiger partial charge in [-0.05, 0) is 12.1 Å². The summed E-state index contributed by atoms with van der Waals surface area (Å²) in [5, 5.41) is 3.07. The van der Waals surface area contributed by atoms with E-state index in [0.29, 0.717) is 5.56 Å². The molecule has 1 aliphatic rings. The number of hydrogen-bond donors (Lipinski definition) is 0. The highest BCUT2D eigenvalue weighted by Gasteiger charge is 2.13. The molecule has 0 unspecified atom stereocenters. The molecule has 1 aromatic heterocycles. The van der Waals surface area contributed by atoms with Gasteiger partial charge < -0.3 is 9.47 Å². The SMILES string of the molecule is COC(=O)c1ccc(-c2nc(CN3CCOCC3)cs2)cc1. The van der Waals surface area contributed by atoms with Crippen LogP contribution in [0.2, 0.25) is 0 Å². The molecule has 1 aromatic carbocycles. The minimum absolute atomic E-state index is 0.321. The number of carbonyl (C=O) groups excluding carboxylic acids is 1. The maximum absolute atomic E-state index is 11.4. The van der Waals surface area contributed by atoms with E-state index in [-0.39, 0.29) is 5.97 Å². The second-order valence-corrected chi connectivity index (χ2v) is 5.96. The summed E-state index contributed by atoms with van der Waals surface area (Å²) >= 11 is 1.63. The van der Waals surface area contributed by atoms with Crippen molar-refractivity contribution in [2.45, 2.75) is 6.54 Å². The normalized spacial score (nSPS) is 15.7. The Bertz CT molecular complexity index is 633. The lowest BCUT2D eigenvalue weighted by atomic mass is 10.1. The third kappa shape index (κ3) is 3.52.